The van der Waals surface area contributed by atoms with Crippen LogP contribution in [0, 0.1) is 0 Å². The van der Waals surface area contributed by atoms with Crippen LogP contribution in [0.25, 0.3) is 10.2 Å². The van der Waals surface area contributed by atoms with Crippen molar-refractivity contribution in [3.05, 3.63) is 29.8 Å². The van der Waals surface area contributed by atoms with E-state index >= 15 is 0 Å². The first-order valence-corrected chi connectivity index (χ1v) is 3.63. The Morgan fingerprint density at radius 3 is 2.80 bits per heavy atom. The van der Waals surface area contributed by atoms with Crippen LogP contribution in [0.1, 0.15) is 0 Å². The van der Waals surface area contributed by atoms with Crippen molar-refractivity contribution in [2.45, 2.75) is 0 Å². The zero-order chi connectivity index (χ0) is 6.10. The van der Waals surface area contributed by atoms with Gasteiger partial charge in [0, 0.05) is 0 Å². The molecule has 1 nitrogen and oxygen atoms in total. The summed E-state index contributed by atoms with van der Waals surface area (Å²) in [5, 5.41) is 0. The molecule has 10 heavy (non-hydrogen) atoms. The second kappa shape index (κ2) is 3.67. The van der Waals surface area contributed by atoms with Crippen LogP contribution in [0.4, 0.5) is 0 Å². The van der Waals surface area contributed by atoms with Crippen LogP contribution in [0.5, 0.6) is 0 Å². The number of hydrogen-bond acceptors (Lipinski definition) is 2. The van der Waals surface area contributed by atoms with Crippen molar-refractivity contribution in [2.24, 2.45) is 0 Å². The van der Waals surface area contributed by atoms with Gasteiger partial charge in [-0.15, -0.1) is 11.3 Å². The van der Waals surface area contributed by atoms with Crippen LogP contribution in [-0.4, -0.2) is 42.7 Å². The number of hydrogen-bond donors (Lipinski definition) is 0. The Hall–Kier alpha value is 0.370. The van der Waals surface area contributed by atoms with Crippen molar-refractivity contribution in [1.82, 2.24) is 4.98 Å². The molecule has 0 atom stereocenters. The fraction of sp³-hybridized carbons (Fsp3) is 0. The second-order valence-corrected chi connectivity index (χ2v) is 2.71. The molecule has 2 rings (SSSR count). The summed E-state index contributed by atoms with van der Waals surface area (Å²) < 4.78 is 1.26. The van der Waals surface area contributed by atoms with E-state index in [1.54, 1.807) is 11.3 Å². The number of rotatable bonds is 0. The van der Waals surface area contributed by atoms with Crippen LogP contribution in [-0.2, 0) is 0 Å². The summed E-state index contributed by atoms with van der Waals surface area (Å²) >= 11 is 1.68. The van der Waals surface area contributed by atoms with Gasteiger partial charge in [-0.3, -0.25) is 0 Å². The number of aromatic nitrogens is 1. The summed E-state index contributed by atoms with van der Waals surface area (Å²) in [6, 6.07) is 8.13. The van der Waals surface area contributed by atoms with Crippen LogP contribution >= 0.6 is 11.3 Å². The molecule has 0 N–H and O–H groups in total. The molecule has 2 aromatic rings. The summed E-state index contributed by atoms with van der Waals surface area (Å²) in [4.78, 5) is 4.14. The van der Waals surface area contributed by atoms with E-state index in [4.69, 9.17) is 0 Å². The van der Waals surface area contributed by atoms with E-state index in [1.807, 2.05) is 23.7 Å². The average molecular weight is 177 g/mol. The van der Waals surface area contributed by atoms with Crippen molar-refractivity contribution < 1.29 is 0 Å². The molecule has 0 aliphatic carbocycles. The van der Waals surface area contributed by atoms with Crippen molar-refractivity contribution in [3.63, 3.8) is 0 Å². The maximum Gasteiger partial charge on any atom is 0.0812 e. The normalized spacial score (nSPS) is 9.20. The minimum absolute atomic E-state index is 0. The maximum absolute atomic E-state index is 4.14. The van der Waals surface area contributed by atoms with Gasteiger partial charge in [0.1, 0.15) is 0 Å². The number of thiazole rings is 1. The monoisotopic (exact) mass is 177 g/mol. The molecule has 0 saturated carbocycles. The maximum atomic E-state index is 4.14. The summed E-state index contributed by atoms with van der Waals surface area (Å²) in [6.45, 7) is 0. The number of benzene rings is 1. The van der Waals surface area contributed by atoms with E-state index in [0.29, 0.717) is 0 Å². The Kier molecular flexibility index (Phi) is 3.11. The second-order valence-electron chi connectivity index (χ2n) is 1.82. The predicted molar refractivity (Wildman–Crippen MR) is 48.2 cm³/mol. The summed E-state index contributed by atoms with van der Waals surface area (Å²) in [5.74, 6) is 0. The molecule has 48 valence electrons. The van der Waals surface area contributed by atoms with Gasteiger partial charge in [0.15, 0.2) is 0 Å². The van der Waals surface area contributed by atoms with Crippen LogP contribution in [0.15, 0.2) is 29.8 Å². The van der Waals surface area contributed by atoms with Gasteiger partial charge in [-0.25, -0.2) is 4.98 Å². The van der Waals surface area contributed by atoms with E-state index in [2.05, 4.69) is 11.1 Å². The molecule has 0 bridgehead atoms. The Morgan fingerprint density at radius 1 is 1.20 bits per heavy atom. The van der Waals surface area contributed by atoms with Crippen LogP contribution in [0.3, 0.4) is 0 Å². The minimum atomic E-state index is 0. The minimum Gasteiger partial charge on any atom is -0.245 e. The molecule has 0 unspecified atom stereocenters. The molecule has 0 fully saturated rings. The van der Waals surface area contributed by atoms with Crippen molar-refractivity contribution in [3.8, 4) is 0 Å². The zero-order valence-corrected chi connectivity index (χ0v) is 5.56. The molecule has 0 radical (unpaired) electrons. The van der Waals surface area contributed by atoms with Gasteiger partial charge in [0.25, 0.3) is 0 Å². The van der Waals surface area contributed by atoms with E-state index < -0.39 is 0 Å². The van der Waals surface area contributed by atoms with Crippen LogP contribution in [0.2, 0.25) is 0 Å². The third-order valence-corrected chi connectivity index (χ3v) is 2.05. The third kappa shape index (κ3) is 1.51. The van der Waals surface area contributed by atoms with E-state index in [9.17, 15) is 0 Å². The molecule has 0 amide bonds. The van der Waals surface area contributed by atoms with Crippen molar-refractivity contribution in [2.75, 3.05) is 0 Å². The standard InChI is InChI=1S/C7H5NS.Ca.2H/c1-2-4-7-6(3-1)8-5-9-7;;;/h1-5H;;;. The molecule has 3 heteroatoms. The fourth-order valence-electron chi connectivity index (χ4n) is 0.803. The zero-order valence-electron chi connectivity index (χ0n) is 4.74. The summed E-state index contributed by atoms with van der Waals surface area (Å²) in [6.07, 6.45) is 0. The van der Waals surface area contributed by atoms with Gasteiger partial charge in [-0.05, 0) is 12.1 Å². The predicted octanol–water partition coefficient (Wildman–Crippen LogP) is 1.38. The molecular formula is C7H7CaNS. The van der Waals surface area contributed by atoms with E-state index in [0.717, 1.165) is 5.52 Å². The van der Waals surface area contributed by atoms with Crippen molar-refractivity contribution >= 4 is 59.3 Å². The summed E-state index contributed by atoms with van der Waals surface area (Å²) in [7, 11) is 0. The molecule has 0 aliphatic heterocycles. The number of fused-ring (bicyclic) bond motifs is 1. The molecular weight excluding hydrogens is 170 g/mol. The first-order chi connectivity index (χ1) is 4.47. The van der Waals surface area contributed by atoms with E-state index in [1.165, 1.54) is 4.70 Å². The fourth-order valence-corrected chi connectivity index (χ4v) is 1.48. The molecule has 0 aliphatic rings. The topological polar surface area (TPSA) is 12.9 Å². The smallest absolute Gasteiger partial charge is 0.0812 e. The van der Waals surface area contributed by atoms with Gasteiger partial charge < -0.3 is 0 Å². The third-order valence-electron chi connectivity index (χ3n) is 1.24. The van der Waals surface area contributed by atoms with Crippen molar-refractivity contribution in [1.29, 1.82) is 0 Å². The molecule has 1 aromatic heterocycles. The number of para-hydroxylation sites is 1. The number of nitrogens with zero attached hydrogens (tertiary/aromatic N) is 1. The Morgan fingerprint density at radius 2 is 2.00 bits per heavy atom. The van der Waals surface area contributed by atoms with E-state index in [-0.39, 0.29) is 37.7 Å². The van der Waals surface area contributed by atoms with Crippen LogP contribution < -0.4 is 0 Å². The summed E-state index contributed by atoms with van der Waals surface area (Å²) in [5.41, 5.74) is 2.97. The van der Waals surface area contributed by atoms with Gasteiger partial charge in [0.2, 0.25) is 0 Å². The molecule has 1 heterocycles. The Bertz CT molecular complexity index is 288. The van der Waals surface area contributed by atoms with Gasteiger partial charge >= 0.3 is 37.7 Å². The SMILES string of the molecule is [CaH2].c1ccc2scnc2c1. The van der Waals surface area contributed by atoms with Gasteiger partial charge in [0.05, 0.1) is 15.7 Å². The molecule has 1 aromatic carbocycles. The first-order valence-electron chi connectivity index (χ1n) is 2.75. The average Bonchev–Trinajstić information content (AvgIpc) is 2.33. The molecule has 0 spiro atoms. The van der Waals surface area contributed by atoms with Gasteiger partial charge in [-0.1, -0.05) is 12.1 Å². The molecule has 0 saturated heterocycles. The first kappa shape index (κ1) is 8.47. The Labute approximate surface area is 93.1 Å². The largest absolute Gasteiger partial charge is 0.245 e. The Balaban J connectivity index is 0.000000500. The quantitative estimate of drug-likeness (QED) is 0.554. The van der Waals surface area contributed by atoms with Gasteiger partial charge in [-0.2, -0.15) is 0 Å².